The van der Waals surface area contributed by atoms with E-state index in [0.29, 0.717) is 25.2 Å². The summed E-state index contributed by atoms with van der Waals surface area (Å²) in [7, 11) is 0. The summed E-state index contributed by atoms with van der Waals surface area (Å²) in [6.07, 6.45) is 4.44. The van der Waals surface area contributed by atoms with Crippen LogP contribution in [0.4, 0.5) is 0 Å². The Labute approximate surface area is 216 Å². The van der Waals surface area contributed by atoms with Crippen LogP contribution in [0.1, 0.15) is 86.5 Å². The smallest absolute Gasteiger partial charge is 0.310 e. The summed E-state index contributed by atoms with van der Waals surface area (Å²) >= 11 is 0. The van der Waals surface area contributed by atoms with E-state index in [2.05, 4.69) is 40.7 Å². The number of aliphatic hydroxyl groups is 4. The number of carboxylic acid groups (broad SMARTS) is 1. The molecular formula is C30H48O6. The fraction of sp³-hybridized carbons (Fsp3) is 0.900. The molecule has 204 valence electrons. The van der Waals surface area contributed by atoms with E-state index in [0.717, 1.165) is 25.7 Å². The molecule has 0 spiro atoms. The van der Waals surface area contributed by atoms with Crippen LogP contribution in [-0.4, -0.2) is 56.4 Å². The molecule has 36 heavy (non-hydrogen) atoms. The number of aliphatic carboxylic acids is 1. The highest BCUT2D eigenvalue weighted by atomic mass is 16.4. The highest BCUT2D eigenvalue weighted by Crippen LogP contribution is 2.75. The Kier molecular flexibility index (Phi) is 5.95. The van der Waals surface area contributed by atoms with Crippen molar-refractivity contribution in [1.29, 1.82) is 0 Å². The SMILES string of the molecule is CC1CC[C@]2(C(=O)O)CCC3(C)C(=CCC4[C@@]5(C)C[C@H](O)[C@H](O)[C@@](C)(CO)C5C(O)C[C@]43C)[C@@H]2[C@H]1C. The van der Waals surface area contributed by atoms with Crippen LogP contribution in [-0.2, 0) is 4.79 Å². The largest absolute Gasteiger partial charge is 0.481 e. The van der Waals surface area contributed by atoms with Gasteiger partial charge in [-0.2, -0.15) is 0 Å². The molecule has 6 nitrogen and oxygen atoms in total. The first-order chi connectivity index (χ1) is 16.6. The maximum absolute atomic E-state index is 12.8. The number of aliphatic hydroxyl groups excluding tert-OH is 4. The molecule has 5 aliphatic rings. The molecule has 4 saturated carbocycles. The van der Waals surface area contributed by atoms with Gasteiger partial charge in [-0.3, -0.25) is 4.79 Å². The molecule has 0 amide bonds. The van der Waals surface area contributed by atoms with Crippen LogP contribution in [0.5, 0.6) is 0 Å². The monoisotopic (exact) mass is 504 g/mol. The third-order valence-corrected chi connectivity index (χ3v) is 13.4. The second-order valence-corrected chi connectivity index (χ2v) is 14.6. The summed E-state index contributed by atoms with van der Waals surface area (Å²) in [4.78, 5) is 12.8. The van der Waals surface area contributed by atoms with Gasteiger partial charge in [0.25, 0.3) is 0 Å². The van der Waals surface area contributed by atoms with Crippen LogP contribution in [0.2, 0.25) is 0 Å². The van der Waals surface area contributed by atoms with Gasteiger partial charge < -0.3 is 25.5 Å². The number of allylic oxidation sites excluding steroid dienone is 2. The van der Waals surface area contributed by atoms with Crippen LogP contribution in [0.25, 0.3) is 0 Å². The summed E-state index contributed by atoms with van der Waals surface area (Å²) in [5.41, 5.74) is -1.41. The van der Waals surface area contributed by atoms with E-state index in [1.54, 1.807) is 0 Å². The molecule has 4 fully saturated rings. The van der Waals surface area contributed by atoms with Crippen molar-refractivity contribution in [3.63, 3.8) is 0 Å². The number of carbonyl (C=O) groups is 1. The Hall–Kier alpha value is -0.950. The van der Waals surface area contributed by atoms with Crippen molar-refractivity contribution in [2.75, 3.05) is 6.61 Å². The Bertz CT molecular complexity index is 963. The van der Waals surface area contributed by atoms with E-state index in [4.69, 9.17) is 0 Å². The first-order valence-corrected chi connectivity index (χ1v) is 14.2. The molecule has 0 aliphatic heterocycles. The molecule has 5 aliphatic carbocycles. The lowest BCUT2D eigenvalue weighted by Gasteiger charge is -2.72. The molecule has 6 heteroatoms. The summed E-state index contributed by atoms with van der Waals surface area (Å²) in [6.45, 7) is 12.8. The topological polar surface area (TPSA) is 118 Å². The zero-order valence-corrected chi connectivity index (χ0v) is 23.0. The second-order valence-electron chi connectivity index (χ2n) is 14.6. The fourth-order valence-corrected chi connectivity index (χ4v) is 11.2. The number of hydrogen-bond acceptors (Lipinski definition) is 5. The van der Waals surface area contributed by atoms with E-state index >= 15 is 0 Å². The van der Waals surface area contributed by atoms with Gasteiger partial charge in [0.15, 0.2) is 0 Å². The fourth-order valence-electron chi connectivity index (χ4n) is 11.2. The van der Waals surface area contributed by atoms with E-state index in [-0.39, 0.29) is 41.1 Å². The number of carboxylic acids is 1. The standard InChI is InChI=1S/C30H48O6/c1-16-9-10-30(25(35)36)12-11-28(5)18(22(30)17(16)2)7-8-21-26(3)13-20(33)24(34)27(4,15-31)23(26)19(32)14-29(21,28)6/h7,16-17,19-24,31-34H,8-15H2,1-6H3,(H,35,36)/t16?,17-,19?,20-,21?,22-,23?,24-,26+,27-,28?,29+,30-/m0/s1. The van der Waals surface area contributed by atoms with Crippen molar-refractivity contribution >= 4 is 5.97 Å². The van der Waals surface area contributed by atoms with E-state index in [9.17, 15) is 30.3 Å². The van der Waals surface area contributed by atoms with Gasteiger partial charge in [0.2, 0.25) is 0 Å². The molecule has 13 atom stereocenters. The molecule has 0 aromatic heterocycles. The summed E-state index contributed by atoms with van der Waals surface area (Å²) in [6, 6.07) is 0. The van der Waals surface area contributed by atoms with Gasteiger partial charge in [0.05, 0.1) is 30.3 Å². The van der Waals surface area contributed by atoms with Gasteiger partial charge in [-0.1, -0.05) is 53.2 Å². The van der Waals surface area contributed by atoms with Crippen molar-refractivity contribution < 1.29 is 30.3 Å². The minimum Gasteiger partial charge on any atom is -0.481 e. The molecule has 0 heterocycles. The molecule has 0 saturated heterocycles. The summed E-state index contributed by atoms with van der Waals surface area (Å²) in [5, 5.41) is 54.7. The Morgan fingerprint density at radius 2 is 1.67 bits per heavy atom. The van der Waals surface area contributed by atoms with Crippen LogP contribution in [0, 0.1) is 56.7 Å². The predicted molar refractivity (Wildman–Crippen MR) is 137 cm³/mol. The lowest BCUT2D eigenvalue weighted by Crippen LogP contribution is -2.71. The van der Waals surface area contributed by atoms with Gasteiger partial charge in [-0.05, 0) is 84.9 Å². The number of fused-ring (bicyclic) bond motifs is 7. The average Bonchev–Trinajstić information content (AvgIpc) is 2.80. The number of rotatable bonds is 2. The normalized spacial score (nSPS) is 58.6. The summed E-state index contributed by atoms with van der Waals surface area (Å²) < 4.78 is 0. The molecule has 0 aromatic carbocycles. The zero-order chi connectivity index (χ0) is 26.6. The predicted octanol–water partition coefficient (Wildman–Crippen LogP) is 4.00. The first kappa shape index (κ1) is 26.6. The quantitative estimate of drug-likeness (QED) is 0.363. The molecule has 5 rings (SSSR count). The van der Waals surface area contributed by atoms with E-state index < -0.39 is 40.5 Å². The lowest BCUT2D eigenvalue weighted by molar-refractivity contribution is -0.273. The number of hydrogen-bond donors (Lipinski definition) is 5. The van der Waals surface area contributed by atoms with Crippen LogP contribution in [0.15, 0.2) is 11.6 Å². The minimum atomic E-state index is -1.08. The maximum atomic E-state index is 12.8. The van der Waals surface area contributed by atoms with Crippen LogP contribution in [0.3, 0.4) is 0 Å². The van der Waals surface area contributed by atoms with Crippen molar-refractivity contribution in [1.82, 2.24) is 0 Å². The van der Waals surface area contributed by atoms with Gasteiger partial charge in [0, 0.05) is 11.3 Å². The van der Waals surface area contributed by atoms with Gasteiger partial charge in [-0.15, -0.1) is 0 Å². The van der Waals surface area contributed by atoms with Crippen LogP contribution >= 0.6 is 0 Å². The van der Waals surface area contributed by atoms with Gasteiger partial charge in [-0.25, -0.2) is 0 Å². The highest BCUT2D eigenvalue weighted by molar-refractivity contribution is 5.76. The lowest BCUT2D eigenvalue weighted by atomic mass is 9.32. The van der Waals surface area contributed by atoms with E-state index in [1.165, 1.54) is 5.57 Å². The molecule has 5 N–H and O–H groups in total. The molecule has 0 radical (unpaired) electrons. The van der Waals surface area contributed by atoms with Crippen molar-refractivity contribution in [3.8, 4) is 0 Å². The first-order valence-electron chi connectivity index (χ1n) is 14.2. The third-order valence-electron chi connectivity index (χ3n) is 13.4. The Morgan fingerprint density at radius 1 is 1.00 bits per heavy atom. The van der Waals surface area contributed by atoms with E-state index in [1.807, 2.05) is 6.92 Å². The Balaban J connectivity index is 1.65. The Morgan fingerprint density at radius 3 is 2.28 bits per heavy atom. The third kappa shape index (κ3) is 2.96. The van der Waals surface area contributed by atoms with Crippen molar-refractivity contribution in [3.05, 3.63) is 11.6 Å². The van der Waals surface area contributed by atoms with Gasteiger partial charge >= 0.3 is 5.97 Å². The van der Waals surface area contributed by atoms with Crippen LogP contribution < -0.4 is 0 Å². The molecule has 0 bridgehead atoms. The summed E-state index contributed by atoms with van der Waals surface area (Å²) in [5.74, 6) is -0.0914. The minimum absolute atomic E-state index is 0.000534. The second kappa shape index (κ2) is 8.03. The highest BCUT2D eigenvalue weighted by Gasteiger charge is 2.72. The molecule has 0 aromatic rings. The van der Waals surface area contributed by atoms with Crippen molar-refractivity contribution in [2.45, 2.75) is 105 Å². The molecule has 5 unspecified atom stereocenters. The van der Waals surface area contributed by atoms with Gasteiger partial charge in [0.1, 0.15) is 0 Å². The average molecular weight is 505 g/mol. The molecular weight excluding hydrogens is 456 g/mol. The zero-order valence-electron chi connectivity index (χ0n) is 23.0. The maximum Gasteiger partial charge on any atom is 0.310 e. The van der Waals surface area contributed by atoms with Crippen molar-refractivity contribution in [2.24, 2.45) is 56.7 Å².